The Morgan fingerprint density at radius 2 is 2.00 bits per heavy atom. The molecule has 3 rings (SSSR count). The van der Waals surface area contributed by atoms with Crippen molar-refractivity contribution in [2.24, 2.45) is 0 Å². The van der Waals surface area contributed by atoms with Crippen molar-refractivity contribution in [2.75, 3.05) is 42.4 Å². The van der Waals surface area contributed by atoms with Crippen molar-refractivity contribution in [3.8, 4) is 0 Å². The van der Waals surface area contributed by atoms with Crippen LogP contribution in [0.1, 0.15) is 5.56 Å². The fourth-order valence-electron chi connectivity index (χ4n) is 2.83. The van der Waals surface area contributed by atoms with Gasteiger partial charge in [-0.3, -0.25) is 19.1 Å². The lowest BCUT2D eigenvalue weighted by molar-refractivity contribution is -0.116. The Kier molecular flexibility index (Phi) is 7.10. The standard InChI is InChI=1S/C18H22N8O4S/c1-30-8-7-25(12(27)10-31-17-22-16(20)23-24-17)13-14(19)26(18(29)21-15(13)28)9-11-5-3-2-4-6-11/h2-6H,7-10,19H2,1H3,(H,21,28,29)(H3,20,22,23,24). The van der Waals surface area contributed by atoms with Crippen molar-refractivity contribution in [1.29, 1.82) is 0 Å². The minimum atomic E-state index is -0.761. The van der Waals surface area contributed by atoms with Gasteiger partial charge in [-0.25, -0.2) is 9.89 Å². The number of thioether (sulfide) groups is 1. The summed E-state index contributed by atoms with van der Waals surface area (Å²) in [6, 6.07) is 9.14. The van der Waals surface area contributed by atoms with Crippen molar-refractivity contribution >= 4 is 35.1 Å². The number of nitrogens with zero attached hydrogens (tertiary/aromatic N) is 4. The van der Waals surface area contributed by atoms with Gasteiger partial charge in [-0.1, -0.05) is 42.1 Å². The molecule has 3 aromatic rings. The van der Waals surface area contributed by atoms with E-state index in [0.717, 1.165) is 17.3 Å². The van der Waals surface area contributed by atoms with Crippen molar-refractivity contribution in [1.82, 2.24) is 24.7 Å². The van der Waals surface area contributed by atoms with Crippen LogP contribution in [0.4, 0.5) is 17.5 Å². The van der Waals surface area contributed by atoms with Crippen molar-refractivity contribution in [3.63, 3.8) is 0 Å². The second kappa shape index (κ2) is 9.95. The Balaban J connectivity index is 1.94. The van der Waals surface area contributed by atoms with E-state index >= 15 is 0 Å². The van der Waals surface area contributed by atoms with E-state index in [9.17, 15) is 14.4 Å². The van der Waals surface area contributed by atoms with Gasteiger partial charge in [-0.05, 0) is 5.56 Å². The molecule has 12 nitrogen and oxygen atoms in total. The average Bonchev–Trinajstić information content (AvgIpc) is 3.17. The van der Waals surface area contributed by atoms with Crippen molar-refractivity contribution in [2.45, 2.75) is 11.7 Å². The zero-order valence-corrected chi connectivity index (χ0v) is 17.5. The monoisotopic (exact) mass is 446 g/mol. The van der Waals surface area contributed by atoms with E-state index in [0.29, 0.717) is 0 Å². The maximum atomic E-state index is 12.9. The Labute approximate surface area is 180 Å². The minimum absolute atomic E-state index is 0.0584. The van der Waals surface area contributed by atoms with Gasteiger partial charge in [-0.15, -0.1) is 5.10 Å². The van der Waals surface area contributed by atoms with Crippen molar-refractivity contribution < 1.29 is 9.53 Å². The number of benzene rings is 1. The van der Waals surface area contributed by atoms with Gasteiger partial charge >= 0.3 is 5.69 Å². The molecular weight excluding hydrogens is 424 g/mol. The predicted molar refractivity (Wildman–Crippen MR) is 117 cm³/mol. The number of nitrogen functional groups attached to an aromatic ring is 2. The Morgan fingerprint density at radius 1 is 1.26 bits per heavy atom. The highest BCUT2D eigenvalue weighted by atomic mass is 32.2. The number of nitrogens with two attached hydrogens (primary N) is 2. The summed E-state index contributed by atoms with van der Waals surface area (Å²) in [7, 11) is 1.47. The van der Waals surface area contributed by atoms with E-state index in [2.05, 4.69) is 20.2 Å². The van der Waals surface area contributed by atoms with Crippen LogP contribution in [0, 0.1) is 0 Å². The Bertz CT molecular complexity index is 1160. The summed E-state index contributed by atoms with van der Waals surface area (Å²) in [6.07, 6.45) is 0. The van der Waals surface area contributed by atoms with Gasteiger partial charge in [0, 0.05) is 13.7 Å². The van der Waals surface area contributed by atoms with E-state index in [1.807, 2.05) is 30.3 Å². The van der Waals surface area contributed by atoms with Crippen LogP contribution >= 0.6 is 11.8 Å². The summed E-state index contributed by atoms with van der Waals surface area (Å²) in [6.45, 7) is 0.344. The first kappa shape index (κ1) is 22.1. The molecule has 0 radical (unpaired) electrons. The molecule has 2 aromatic heterocycles. The van der Waals surface area contributed by atoms with E-state index in [1.54, 1.807) is 0 Å². The number of aromatic amines is 2. The molecule has 1 amide bonds. The smallest absolute Gasteiger partial charge is 0.330 e. The van der Waals surface area contributed by atoms with Crippen LogP contribution in [-0.4, -0.2) is 56.7 Å². The third kappa shape index (κ3) is 5.32. The van der Waals surface area contributed by atoms with Gasteiger partial charge in [0.2, 0.25) is 17.0 Å². The fourth-order valence-corrected chi connectivity index (χ4v) is 3.51. The van der Waals surface area contributed by atoms with E-state index in [4.69, 9.17) is 16.2 Å². The average molecular weight is 446 g/mol. The predicted octanol–water partition coefficient (Wildman–Crippen LogP) is -0.361. The highest BCUT2D eigenvalue weighted by Crippen LogP contribution is 2.20. The number of hydrogen-bond donors (Lipinski definition) is 4. The highest BCUT2D eigenvalue weighted by molar-refractivity contribution is 7.99. The topological polar surface area (TPSA) is 178 Å². The van der Waals surface area contributed by atoms with Crippen LogP contribution in [-0.2, 0) is 16.1 Å². The number of H-pyrrole nitrogens is 2. The highest BCUT2D eigenvalue weighted by Gasteiger charge is 2.24. The molecule has 31 heavy (non-hydrogen) atoms. The van der Waals surface area contributed by atoms with Crippen LogP contribution in [0.3, 0.4) is 0 Å². The summed E-state index contributed by atoms with van der Waals surface area (Å²) in [4.78, 5) is 45.3. The molecule has 0 aliphatic carbocycles. The molecule has 0 aliphatic rings. The van der Waals surface area contributed by atoms with Crippen LogP contribution < -0.4 is 27.6 Å². The number of carbonyl (C=O) groups is 1. The molecule has 0 spiro atoms. The summed E-state index contributed by atoms with van der Waals surface area (Å²) in [5, 5.41) is 6.62. The first-order chi connectivity index (χ1) is 14.9. The van der Waals surface area contributed by atoms with Gasteiger partial charge in [-0.2, -0.15) is 4.98 Å². The van der Waals surface area contributed by atoms with Gasteiger partial charge in [0.25, 0.3) is 5.56 Å². The largest absolute Gasteiger partial charge is 0.383 e. The molecule has 164 valence electrons. The Hall–Kier alpha value is -3.58. The third-order valence-electron chi connectivity index (χ3n) is 4.29. The molecule has 13 heteroatoms. The molecule has 0 saturated carbocycles. The van der Waals surface area contributed by atoms with E-state index < -0.39 is 17.2 Å². The van der Waals surface area contributed by atoms with Crippen LogP contribution in [0.2, 0.25) is 0 Å². The van der Waals surface area contributed by atoms with Crippen molar-refractivity contribution in [3.05, 3.63) is 56.7 Å². The summed E-state index contributed by atoms with van der Waals surface area (Å²) < 4.78 is 6.28. The first-order valence-corrected chi connectivity index (χ1v) is 10.2. The SMILES string of the molecule is COCCN(C(=O)CSc1n[nH]c(N)n1)c1c(N)n(Cc2ccccc2)c(=O)[nH]c1=O. The normalized spacial score (nSPS) is 10.9. The molecule has 0 fully saturated rings. The summed E-state index contributed by atoms with van der Waals surface area (Å²) in [5.74, 6) is -0.515. The van der Waals surface area contributed by atoms with Gasteiger partial charge in [0.15, 0.2) is 5.69 Å². The lowest BCUT2D eigenvalue weighted by Crippen LogP contribution is -2.43. The fraction of sp³-hybridized carbons (Fsp3) is 0.278. The second-order valence-electron chi connectivity index (χ2n) is 6.39. The number of rotatable bonds is 9. The maximum Gasteiger partial charge on any atom is 0.330 e. The molecule has 0 unspecified atom stereocenters. The molecule has 0 bridgehead atoms. The number of ether oxygens (including phenoxy) is 1. The van der Waals surface area contributed by atoms with E-state index in [1.165, 1.54) is 16.6 Å². The number of carbonyl (C=O) groups excluding carboxylic acids is 1. The molecule has 0 aliphatic heterocycles. The van der Waals surface area contributed by atoms with Crippen LogP contribution in [0.5, 0.6) is 0 Å². The minimum Gasteiger partial charge on any atom is -0.383 e. The zero-order valence-electron chi connectivity index (χ0n) is 16.7. The van der Waals surface area contributed by atoms with Crippen LogP contribution in [0.25, 0.3) is 0 Å². The number of amides is 1. The van der Waals surface area contributed by atoms with Gasteiger partial charge in [0.05, 0.1) is 18.9 Å². The lowest BCUT2D eigenvalue weighted by atomic mass is 10.2. The van der Waals surface area contributed by atoms with Gasteiger partial charge < -0.3 is 21.1 Å². The molecule has 0 atom stereocenters. The number of methoxy groups -OCH3 is 1. The summed E-state index contributed by atoms with van der Waals surface area (Å²) >= 11 is 1.04. The lowest BCUT2D eigenvalue weighted by Gasteiger charge is -2.24. The van der Waals surface area contributed by atoms with Gasteiger partial charge in [0.1, 0.15) is 5.82 Å². The number of aromatic nitrogens is 5. The molecule has 6 N–H and O–H groups in total. The zero-order chi connectivity index (χ0) is 22.4. The molecular formula is C18H22N8O4S. The summed E-state index contributed by atoms with van der Waals surface area (Å²) in [5.41, 5.74) is 11.0. The third-order valence-corrected chi connectivity index (χ3v) is 5.13. The van der Waals surface area contributed by atoms with Crippen LogP contribution in [0.15, 0.2) is 45.1 Å². The number of anilines is 3. The Morgan fingerprint density at radius 3 is 2.65 bits per heavy atom. The quantitative estimate of drug-likeness (QED) is 0.319. The number of hydrogen-bond acceptors (Lipinski definition) is 9. The molecule has 1 aromatic carbocycles. The molecule has 2 heterocycles. The van der Waals surface area contributed by atoms with E-state index in [-0.39, 0.29) is 48.1 Å². The first-order valence-electron chi connectivity index (χ1n) is 9.17. The second-order valence-corrected chi connectivity index (χ2v) is 7.34. The maximum absolute atomic E-state index is 12.9. The molecule has 0 saturated heterocycles. The number of nitrogens with one attached hydrogen (secondary N) is 2.